The van der Waals surface area contributed by atoms with Crippen molar-refractivity contribution in [2.45, 2.75) is 343 Å². The van der Waals surface area contributed by atoms with Gasteiger partial charge in [0.15, 0.2) is 12.2 Å². The SMILES string of the molecule is CCC(C)CCCCCCCCCCCCCCCCC(=O)O[C@H](COC(=O)CCCCCCCCC(C)CC)COP(=O)(O)OC[C@@H](O)COP(=O)(O)OC[C@@H](COC(=O)CCCCCCCCC(C)C)OC(=O)CCCCCCCCC(C)C. The third-order valence-corrected chi connectivity index (χ3v) is 17.9. The van der Waals surface area contributed by atoms with Gasteiger partial charge >= 0.3 is 39.5 Å². The fourth-order valence-electron chi connectivity index (χ4n) is 9.89. The number of esters is 4. The summed E-state index contributed by atoms with van der Waals surface area (Å²) in [6.45, 7) is 14.0. The van der Waals surface area contributed by atoms with Crippen LogP contribution in [-0.4, -0.2) is 96.7 Å². The normalized spacial score (nSPS) is 15.0. The quantitative estimate of drug-likeness (QED) is 0.0222. The number of hydrogen-bond acceptors (Lipinski definition) is 15. The van der Waals surface area contributed by atoms with Crippen LogP contribution in [0.2, 0.25) is 0 Å². The van der Waals surface area contributed by atoms with Gasteiger partial charge in [-0.25, -0.2) is 9.13 Å². The average molecular weight is 1270 g/mol. The van der Waals surface area contributed by atoms with Gasteiger partial charge in [0.2, 0.25) is 0 Å². The van der Waals surface area contributed by atoms with E-state index in [2.05, 4.69) is 55.4 Å². The number of aliphatic hydroxyl groups is 1. The average Bonchev–Trinajstić information content (AvgIpc) is 3.69. The first-order valence-electron chi connectivity index (χ1n) is 34.8. The number of aliphatic hydroxyl groups excluding tert-OH is 1. The van der Waals surface area contributed by atoms with Crippen molar-refractivity contribution in [2.75, 3.05) is 39.6 Å². The Morgan fingerprint density at radius 2 is 0.558 bits per heavy atom. The van der Waals surface area contributed by atoms with Gasteiger partial charge in [0.25, 0.3) is 0 Å². The molecule has 0 heterocycles. The van der Waals surface area contributed by atoms with Gasteiger partial charge in [-0.15, -0.1) is 0 Å². The van der Waals surface area contributed by atoms with Crippen molar-refractivity contribution in [1.82, 2.24) is 0 Å². The summed E-state index contributed by atoms with van der Waals surface area (Å²) < 4.78 is 68.0. The van der Waals surface area contributed by atoms with Gasteiger partial charge in [-0.1, -0.05) is 274 Å². The number of ether oxygens (including phenoxy) is 4. The smallest absolute Gasteiger partial charge is 0.462 e. The Balaban J connectivity index is 5.20. The number of phosphoric ester groups is 2. The first kappa shape index (κ1) is 84.1. The van der Waals surface area contributed by atoms with Crippen molar-refractivity contribution in [2.24, 2.45) is 23.7 Å². The Hall–Kier alpha value is -1.94. The van der Waals surface area contributed by atoms with E-state index in [0.717, 1.165) is 115 Å². The first-order valence-corrected chi connectivity index (χ1v) is 37.8. The maximum atomic E-state index is 13.0. The topological polar surface area (TPSA) is 237 Å². The third-order valence-electron chi connectivity index (χ3n) is 16.0. The lowest BCUT2D eigenvalue weighted by atomic mass is 9.99. The van der Waals surface area contributed by atoms with Crippen molar-refractivity contribution in [3.8, 4) is 0 Å². The van der Waals surface area contributed by atoms with E-state index in [1.54, 1.807) is 0 Å². The molecule has 17 nitrogen and oxygen atoms in total. The molecule has 0 spiro atoms. The zero-order chi connectivity index (χ0) is 63.9. The van der Waals surface area contributed by atoms with Crippen LogP contribution in [-0.2, 0) is 65.4 Å². The molecule has 0 bridgehead atoms. The number of unbranched alkanes of at least 4 members (excludes halogenated alkanes) is 28. The van der Waals surface area contributed by atoms with Crippen LogP contribution in [0.3, 0.4) is 0 Å². The standard InChI is InChI=1S/C67H130O17P2/c1-9-59(7)45-37-29-19-17-15-13-11-12-14-16-18-20-33-41-49-66(71)83-62(53-78-65(70)48-40-32-26-23-30-38-46-60(8)10-2)55-81-85(73,74)79-51-61(68)52-80-86(75,76)82-56-63(84-67(72)50-42-34-25-22-28-36-44-58(5)6)54-77-64(69)47-39-31-24-21-27-35-43-57(3)4/h57-63,68H,9-56H2,1-8H3,(H,73,74)(H,75,76)/t59?,60?,61-,62-,63-/m1/s1. The van der Waals surface area contributed by atoms with Crippen molar-refractivity contribution in [1.29, 1.82) is 0 Å². The molecule has 0 aliphatic heterocycles. The summed E-state index contributed by atoms with van der Waals surface area (Å²) in [6.07, 6.45) is 37.9. The summed E-state index contributed by atoms with van der Waals surface area (Å²) >= 11 is 0. The van der Waals surface area contributed by atoms with E-state index < -0.39 is 97.5 Å². The van der Waals surface area contributed by atoms with Crippen molar-refractivity contribution in [3.05, 3.63) is 0 Å². The number of carbonyl (C=O) groups is 4. The van der Waals surface area contributed by atoms with Crippen LogP contribution in [0.1, 0.15) is 325 Å². The lowest BCUT2D eigenvalue weighted by Gasteiger charge is -2.21. The Morgan fingerprint density at radius 1 is 0.326 bits per heavy atom. The molecule has 4 unspecified atom stereocenters. The van der Waals surface area contributed by atoms with E-state index in [4.69, 9.17) is 37.0 Å². The van der Waals surface area contributed by atoms with Crippen LogP contribution >= 0.6 is 15.6 Å². The van der Waals surface area contributed by atoms with Crippen LogP contribution in [0.15, 0.2) is 0 Å². The summed E-state index contributed by atoms with van der Waals surface area (Å²) in [6, 6.07) is 0. The molecular weight excluding hydrogens is 1140 g/mol. The van der Waals surface area contributed by atoms with E-state index in [1.807, 2.05) is 0 Å². The van der Waals surface area contributed by atoms with Gasteiger partial charge in [-0.2, -0.15) is 0 Å². The fourth-order valence-corrected chi connectivity index (χ4v) is 11.5. The van der Waals surface area contributed by atoms with E-state index in [-0.39, 0.29) is 25.7 Å². The zero-order valence-electron chi connectivity index (χ0n) is 55.9. The summed E-state index contributed by atoms with van der Waals surface area (Å²) in [5.74, 6) is 0.784. The fraction of sp³-hybridized carbons (Fsp3) is 0.940. The predicted molar refractivity (Wildman–Crippen MR) is 344 cm³/mol. The molecule has 0 radical (unpaired) electrons. The Morgan fingerprint density at radius 3 is 0.826 bits per heavy atom. The van der Waals surface area contributed by atoms with Gasteiger partial charge < -0.3 is 33.8 Å². The molecule has 0 aromatic carbocycles. The highest BCUT2D eigenvalue weighted by atomic mass is 31.2. The minimum absolute atomic E-state index is 0.100. The summed E-state index contributed by atoms with van der Waals surface area (Å²) in [5.41, 5.74) is 0. The maximum Gasteiger partial charge on any atom is 0.472 e. The van der Waals surface area contributed by atoms with E-state index in [0.29, 0.717) is 37.5 Å². The van der Waals surface area contributed by atoms with Crippen LogP contribution in [0.25, 0.3) is 0 Å². The van der Waals surface area contributed by atoms with E-state index in [1.165, 1.54) is 116 Å². The first-order chi connectivity index (χ1) is 41.2. The maximum absolute atomic E-state index is 13.0. The summed E-state index contributed by atoms with van der Waals surface area (Å²) in [5, 5.41) is 10.5. The van der Waals surface area contributed by atoms with E-state index >= 15 is 0 Å². The van der Waals surface area contributed by atoms with Crippen molar-refractivity contribution < 1.29 is 80.2 Å². The molecule has 19 heteroatoms. The van der Waals surface area contributed by atoms with Gasteiger partial charge in [0.05, 0.1) is 26.4 Å². The summed E-state index contributed by atoms with van der Waals surface area (Å²) in [4.78, 5) is 72.3. The van der Waals surface area contributed by atoms with Gasteiger partial charge in [0, 0.05) is 25.7 Å². The molecule has 3 N–H and O–H groups in total. The second-order valence-corrected chi connectivity index (χ2v) is 28.6. The minimum atomic E-state index is -4.95. The second kappa shape index (κ2) is 57.0. The molecule has 0 aromatic rings. The molecule has 0 aromatic heterocycles. The van der Waals surface area contributed by atoms with Gasteiger partial charge in [-0.05, 0) is 49.4 Å². The molecule has 0 saturated carbocycles. The third kappa shape index (κ3) is 58.4. The van der Waals surface area contributed by atoms with Crippen LogP contribution < -0.4 is 0 Å². The molecule has 0 amide bonds. The molecule has 0 rings (SSSR count). The van der Waals surface area contributed by atoms with Crippen LogP contribution in [0.4, 0.5) is 0 Å². The molecule has 0 aliphatic rings. The minimum Gasteiger partial charge on any atom is -0.462 e. The highest BCUT2D eigenvalue weighted by Crippen LogP contribution is 2.45. The van der Waals surface area contributed by atoms with E-state index in [9.17, 15) is 43.2 Å². The molecule has 510 valence electrons. The highest BCUT2D eigenvalue weighted by molar-refractivity contribution is 7.47. The molecule has 0 aliphatic carbocycles. The molecule has 86 heavy (non-hydrogen) atoms. The number of phosphoric acid groups is 2. The van der Waals surface area contributed by atoms with Crippen molar-refractivity contribution >= 4 is 39.5 Å². The molecule has 7 atom stereocenters. The molecule has 0 saturated heterocycles. The van der Waals surface area contributed by atoms with Gasteiger partial charge in [0.1, 0.15) is 19.3 Å². The number of carbonyl (C=O) groups excluding carboxylic acids is 4. The van der Waals surface area contributed by atoms with Gasteiger partial charge in [-0.3, -0.25) is 37.3 Å². The second-order valence-electron chi connectivity index (χ2n) is 25.6. The zero-order valence-corrected chi connectivity index (χ0v) is 57.7. The molecule has 0 fully saturated rings. The monoisotopic (exact) mass is 1270 g/mol. The summed E-state index contributed by atoms with van der Waals surface area (Å²) in [7, 11) is -9.89. The highest BCUT2D eigenvalue weighted by Gasteiger charge is 2.30. The van der Waals surface area contributed by atoms with Crippen LogP contribution in [0.5, 0.6) is 0 Å². The Kier molecular flexibility index (Phi) is 55.7. The lowest BCUT2D eigenvalue weighted by Crippen LogP contribution is -2.30. The number of hydrogen-bond donors (Lipinski definition) is 3. The Labute approximate surface area is 524 Å². The van der Waals surface area contributed by atoms with Crippen LogP contribution in [0, 0.1) is 23.7 Å². The predicted octanol–water partition coefficient (Wildman–Crippen LogP) is 18.5. The number of rotatable bonds is 64. The van der Waals surface area contributed by atoms with Crippen molar-refractivity contribution in [3.63, 3.8) is 0 Å². The lowest BCUT2D eigenvalue weighted by molar-refractivity contribution is -0.161. The largest absolute Gasteiger partial charge is 0.472 e. The molecular formula is C67H130O17P2. The Bertz CT molecular complexity index is 1720.